The Morgan fingerprint density at radius 3 is 2.65 bits per heavy atom. The smallest absolute Gasteiger partial charge is 0.237 e. The quantitative estimate of drug-likeness (QED) is 0.784. The van der Waals surface area contributed by atoms with Crippen molar-refractivity contribution in [2.45, 2.75) is 25.6 Å². The molecule has 20 heavy (non-hydrogen) atoms. The van der Waals surface area contributed by atoms with Gasteiger partial charge in [0.1, 0.15) is 11.0 Å². The van der Waals surface area contributed by atoms with Crippen molar-refractivity contribution in [1.82, 2.24) is 25.0 Å². The number of piperidine rings is 1. The first-order valence-corrected chi connectivity index (χ1v) is 7.14. The molecule has 1 saturated heterocycles. The molecule has 3 rings (SSSR count). The molecule has 1 aliphatic rings. The van der Waals surface area contributed by atoms with Gasteiger partial charge in [-0.1, -0.05) is 23.4 Å². The van der Waals surface area contributed by atoms with Crippen molar-refractivity contribution in [1.29, 1.82) is 0 Å². The van der Waals surface area contributed by atoms with Gasteiger partial charge < -0.3 is 4.84 Å². The summed E-state index contributed by atoms with van der Waals surface area (Å²) in [5, 5.41) is 8.23. The molecule has 1 unspecified atom stereocenters. The fraction of sp³-hybridized carbons (Fsp3) is 0.571. The Kier molecular flexibility index (Phi) is 3.84. The van der Waals surface area contributed by atoms with E-state index < -0.39 is 0 Å². The Balaban J connectivity index is 1.82. The van der Waals surface area contributed by atoms with Gasteiger partial charge in [-0.3, -0.25) is 9.80 Å². The molecule has 0 N–H and O–H groups in total. The Hall–Kier alpha value is -1.66. The van der Waals surface area contributed by atoms with Gasteiger partial charge in [-0.2, -0.15) is 0 Å². The third-order valence-corrected chi connectivity index (χ3v) is 3.66. The molecule has 1 aliphatic heterocycles. The van der Waals surface area contributed by atoms with E-state index in [4.69, 9.17) is 4.84 Å². The summed E-state index contributed by atoms with van der Waals surface area (Å²) >= 11 is 0. The van der Waals surface area contributed by atoms with Crippen LogP contribution in [0.3, 0.4) is 0 Å². The molecule has 2 heterocycles. The van der Waals surface area contributed by atoms with Crippen LogP contribution in [0.5, 0.6) is 0 Å². The molecule has 0 spiro atoms. The van der Waals surface area contributed by atoms with Gasteiger partial charge in [0.25, 0.3) is 0 Å². The highest BCUT2D eigenvalue weighted by molar-refractivity contribution is 5.73. The fourth-order valence-electron chi connectivity index (χ4n) is 2.64. The van der Waals surface area contributed by atoms with Crippen LogP contribution in [0, 0.1) is 0 Å². The molecular weight excluding hydrogens is 254 g/mol. The highest BCUT2D eigenvalue weighted by Gasteiger charge is 2.25. The van der Waals surface area contributed by atoms with Crippen molar-refractivity contribution >= 4 is 11.0 Å². The van der Waals surface area contributed by atoms with Gasteiger partial charge in [-0.15, -0.1) is 5.10 Å². The maximum absolute atomic E-state index is 6.06. The zero-order valence-corrected chi connectivity index (χ0v) is 12.1. The lowest BCUT2D eigenvalue weighted by molar-refractivity contribution is -0.151. The lowest BCUT2D eigenvalue weighted by Gasteiger charge is -2.36. The van der Waals surface area contributed by atoms with E-state index in [9.17, 15) is 0 Å². The van der Waals surface area contributed by atoms with Crippen molar-refractivity contribution in [2.75, 3.05) is 27.2 Å². The van der Waals surface area contributed by atoms with Crippen molar-refractivity contribution in [2.24, 2.45) is 0 Å². The molecule has 108 valence electrons. The first-order valence-electron chi connectivity index (χ1n) is 7.14. The van der Waals surface area contributed by atoms with Crippen LogP contribution in [0.25, 0.3) is 11.0 Å². The number of nitrogens with zero attached hydrogens (tertiary/aromatic N) is 5. The minimum Gasteiger partial charge on any atom is -0.359 e. The van der Waals surface area contributed by atoms with Crippen LogP contribution >= 0.6 is 0 Å². The summed E-state index contributed by atoms with van der Waals surface area (Å²) in [5.41, 5.74) is 1.75. The lowest BCUT2D eigenvalue weighted by atomic mass is 10.1. The van der Waals surface area contributed by atoms with Crippen LogP contribution in [0.2, 0.25) is 0 Å². The van der Waals surface area contributed by atoms with Crippen molar-refractivity contribution in [3.05, 3.63) is 24.3 Å². The SMILES string of the molecule is CN(C)C(On1nnc2ccccc21)N1CCCCC1. The van der Waals surface area contributed by atoms with E-state index in [0.717, 1.165) is 24.1 Å². The summed E-state index contributed by atoms with van der Waals surface area (Å²) in [7, 11) is 4.05. The second-order valence-corrected chi connectivity index (χ2v) is 5.44. The first kappa shape index (κ1) is 13.3. The van der Waals surface area contributed by atoms with Gasteiger partial charge in [-0.05, 0) is 44.3 Å². The number of benzene rings is 1. The summed E-state index contributed by atoms with van der Waals surface area (Å²) in [6, 6.07) is 7.83. The van der Waals surface area contributed by atoms with Gasteiger partial charge in [0.15, 0.2) is 0 Å². The largest absolute Gasteiger partial charge is 0.359 e. The topological polar surface area (TPSA) is 46.4 Å². The molecule has 1 fully saturated rings. The monoisotopic (exact) mass is 275 g/mol. The van der Waals surface area contributed by atoms with Crippen LogP contribution in [0.1, 0.15) is 19.3 Å². The number of hydrogen-bond acceptors (Lipinski definition) is 5. The Morgan fingerprint density at radius 2 is 1.90 bits per heavy atom. The minimum absolute atomic E-state index is 0.111. The van der Waals surface area contributed by atoms with E-state index in [2.05, 4.69) is 20.1 Å². The van der Waals surface area contributed by atoms with E-state index >= 15 is 0 Å². The minimum atomic E-state index is -0.111. The Labute approximate surface area is 118 Å². The van der Waals surface area contributed by atoms with E-state index in [-0.39, 0.29) is 6.35 Å². The third-order valence-electron chi connectivity index (χ3n) is 3.66. The second kappa shape index (κ2) is 5.76. The van der Waals surface area contributed by atoms with Crippen molar-refractivity contribution in [3.8, 4) is 0 Å². The van der Waals surface area contributed by atoms with E-state index in [1.165, 1.54) is 24.1 Å². The zero-order valence-electron chi connectivity index (χ0n) is 12.1. The predicted molar refractivity (Wildman–Crippen MR) is 77.0 cm³/mol. The normalized spacial score (nSPS) is 18.6. The summed E-state index contributed by atoms with van der Waals surface area (Å²) in [5.74, 6) is 0. The molecule has 1 atom stereocenters. The number of likely N-dealkylation sites (tertiary alicyclic amines) is 1. The average Bonchev–Trinajstić information content (AvgIpc) is 2.88. The summed E-state index contributed by atoms with van der Waals surface area (Å²) in [6.45, 7) is 2.13. The van der Waals surface area contributed by atoms with Crippen molar-refractivity contribution in [3.63, 3.8) is 0 Å². The van der Waals surface area contributed by atoms with Crippen LogP contribution in [-0.2, 0) is 0 Å². The average molecular weight is 275 g/mol. The van der Waals surface area contributed by atoms with Crippen molar-refractivity contribution < 1.29 is 4.84 Å². The fourth-order valence-corrected chi connectivity index (χ4v) is 2.64. The van der Waals surface area contributed by atoms with Crippen LogP contribution in [0.4, 0.5) is 0 Å². The molecule has 0 aliphatic carbocycles. The first-order chi connectivity index (χ1) is 9.75. The Morgan fingerprint density at radius 1 is 1.15 bits per heavy atom. The summed E-state index contributed by atoms with van der Waals surface area (Å²) < 4.78 is 0. The highest BCUT2D eigenvalue weighted by Crippen LogP contribution is 2.14. The standard InChI is InChI=1S/C14H21N5O/c1-17(2)14(18-10-6-3-7-11-18)20-19-13-9-5-4-8-12(13)15-16-19/h4-5,8-9,14H,3,6-7,10-11H2,1-2H3. The van der Waals surface area contributed by atoms with Crippen LogP contribution in [-0.4, -0.2) is 58.5 Å². The van der Waals surface area contributed by atoms with Crippen LogP contribution in [0.15, 0.2) is 24.3 Å². The molecule has 0 bridgehead atoms. The lowest BCUT2D eigenvalue weighted by Crippen LogP contribution is -2.53. The van der Waals surface area contributed by atoms with E-state index in [0.29, 0.717) is 0 Å². The van der Waals surface area contributed by atoms with Gasteiger partial charge in [0.05, 0.1) is 0 Å². The maximum atomic E-state index is 6.06. The van der Waals surface area contributed by atoms with Gasteiger partial charge in [0, 0.05) is 13.1 Å². The van der Waals surface area contributed by atoms with Gasteiger partial charge in [-0.25, -0.2) is 0 Å². The molecule has 6 nitrogen and oxygen atoms in total. The number of para-hydroxylation sites is 1. The second-order valence-electron chi connectivity index (χ2n) is 5.44. The van der Waals surface area contributed by atoms with E-state index in [1.807, 2.05) is 38.4 Å². The number of fused-ring (bicyclic) bond motifs is 1. The van der Waals surface area contributed by atoms with Crippen LogP contribution < -0.4 is 4.84 Å². The summed E-state index contributed by atoms with van der Waals surface area (Å²) in [6.07, 6.45) is 3.65. The maximum Gasteiger partial charge on any atom is 0.237 e. The van der Waals surface area contributed by atoms with Gasteiger partial charge >= 0.3 is 0 Å². The molecule has 0 amide bonds. The number of aromatic nitrogens is 3. The molecule has 0 radical (unpaired) electrons. The third kappa shape index (κ3) is 2.62. The number of rotatable bonds is 4. The van der Waals surface area contributed by atoms with E-state index in [1.54, 1.807) is 0 Å². The zero-order chi connectivity index (χ0) is 13.9. The summed E-state index contributed by atoms with van der Waals surface area (Å²) in [4.78, 5) is 12.0. The molecule has 6 heteroatoms. The predicted octanol–water partition coefficient (Wildman–Crippen LogP) is 1.19. The highest BCUT2D eigenvalue weighted by atomic mass is 16.7. The molecule has 1 aromatic heterocycles. The van der Waals surface area contributed by atoms with Gasteiger partial charge in [0.2, 0.25) is 6.35 Å². The molecule has 1 aromatic carbocycles. The molecule has 0 saturated carbocycles. The molecular formula is C14H21N5O. The Bertz CT molecular complexity index is 561. The number of hydrogen-bond donors (Lipinski definition) is 0. The molecule has 2 aromatic rings.